The first-order valence-electron chi connectivity index (χ1n) is 10.3. The molecule has 3 atom stereocenters. The van der Waals surface area contributed by atoms with Crippen LogP contribution in [0.25, 0.3) is 0 Å². The van der Waals surface area contributed by atoms with Crippen molar-refractivity contribution in [3.63, 3.8) is 0 Å². The zero-order valence-corrected chi connectivity index (χ0v) is 18.4. The topological polar surface area (TPSA) is 83.5 Å². The number of hydrogen-bond donors (Lipinski definition) is 1. The highest BCUT2D eigenvalue weighted by Crippen LogP contribution is 2.45. The van der Waals surface area contributed by atoms with E-state index >= 15 is 0 Å². The molecule has 2 aromatic carbocycles. The number of benzene rings is 2. The Kier molecular flexibility index (Phi) is 7.76. The summed E-state index contributed by atoms with van der Waals surface area (Å²) in [6, 6.07) is 11.1. The van der Waals surface area contributed by atoms with E-state index in [0.717, 1.165) is 17.5 Å². The van der Waals surface area contributed by atoms with Gasteiger partial charge in [-0.2, -0.15) is 0 Å². The lowest BCUT2D eigenvalue weighted by molar-refractivity contribution is 0.0526. The number of carbonyl (C=O) groups excluding carboxylic acids is 1. The molecule has 31 heavy (non-hydrogen) atoms. The largest absolute Gasteiger partial charge is 0.493 e. The number of aliphatic hydroxyl groups excluding tert-OH is 1. The summed E-state index contributed by atoms with van der Waals surface area (Å²) in [5.41, 5.74) is 2.47. The predicted molar refractivity (Wildman–Crippen MR) is 115 cm³/mol. The molecular formula is C24H30O7. The Morgan fingerprint density at radius 3 is 2.23 bits per heavy atom. The van der Waals surface area contributed by atoms with Crippen LogP contribution in [0.3, 0.4) is 0 Å². The fourth-order valence-corrected chi connectivity index (χ4v) is 4.08. The molecule has 168 valence electrons. The number of methoxy groups -OCH3 is 3. The minimum Gasteiger partial charge on any atom is -0.493 e. The average Bonchev–Trinajstić information content (AvgIpc) is 3.21. The Bertz CT molecular complexity index is 853. The van der Waals surface area contributed by atoms with E-state index in [4.69, 9.17) is 23.7 Å². The molecule has 0 amide bonds. The molecule has 1 aliphatic heterocycles. The highest BCUT2D eigenvalue weighted by atomic mass is 16.5. The van der Waals surface area contributed by atoms with Gasteiger partial charge in [0.1, 0.15) is 0 Å². The number of hydrogen-bond acceptors (Lipinski definition) is 7. The minimum atomic E-state index is -0.325. The van der Waals surface area contributed by atoms with E-state index in [1.54, 1.807) is 40.4 Å². The molecule has 1 N–H and O–H groups in total. The Morgan fingerprint density at radius 1 is 1.06 bits per heavy atom. The smallest absolute Gasteiger partial charge is 0.338 e. The SMILES string of the molecule is CCOC(=O)c1ccc(C[C@H]2COC(c3cc(OC)c(OC)c(OC)c3)[C@H]2CO)cc1. The number of rotatable bonds is 9. The Labute approximate surface area is 182 Å². The van der Waals surface area contributed by atoms with Crippen molar-refractivity contribution in [2.75, 3.05) is 41.2 Å². The average molecular weight is 430 g/mol. The molecule has 1 unspecified atom stereocenters. The molecule has 2 aromatic rings. The van der Waals surface area contributed by atoms with Crippen LogP contribution in [0.2, 0.25) is 0 Å². The van der Waals surface area contributed by atoms with Crippen LogP contribution in [0.15, 0.2) is 36.4 Å². The first kappa shape index (κ1) is 22.9. The van der Waals surface area contributed by atoms with Crippen LogP contribution < -0.4 is 14.2 Å². The maximum absolute atomic E-state index is 11.8. The van der Waals surface area contributed by atoms with Gasteiger partial charge in [0, 0.05) is 12.5 Å². The summed E-state index contributed by atoms with van der Waals surface area (Å²) in [4.78, 5) is 11.8. The van der Waals surface area contributed by atoms with E-state index in [-0.39, 0.29) is 30.5 Å². The fraction of sp³-hybridized carbons (Fsp3) is 0.458. The molecule has 1 heterocycles. The summed E-state index contributed by atoms with van der Waals surface area (Å²) in [7, 11) is 4.71. The van der Waals surface area contributed by atoms with Gasteiger partial charge in [0.05, 0.1) is 46.2 Å². The Hall–Kier alpha value is -2.77. The fourth-order valence-electron chi connectivity index (χ4n) is 4.08. The predicted octanol–water partition coefficient (Wildman–Crippen LogP) is 3.43. The van der Waals surface area contributed by atoms with Gasteiger partial charge in [0.25, 0.3) is 0 Å². The van der Waals surface area contributed by atoms with Gasteiger partial charge in [-0.25, -0.2) is 4.79 Å². The van der Waals surface area contributed by atoms with Crippen LogP contribution in [-0.2, 0) is 15.9 Å². The Morgan fingerprint density at radius 2 is 1.71 bits per heavy atom. The van der Waals surface area contributed by atoms with Crippen molar-refractivity contribution in [3.8, 4) is 17.2 Å². The van der Waals surface area contributed by atoms with Gasteiger partial charge >= 0.3 is 5.97 Å². The summed E-state index contributed by atoms with van der Waals surface area (Å²) in [6.07, 6.45) is 0.442. The normalized spacial score (nSPS) is 20.4. The second kappa shape index (κ2) is 10.5. The molecule has 0 aromatic heterocycles. The van der Waals surface area contributed by atoms with Crippen molar-refractivity contribution >= 4 is 5.97 Å². The molecule has 1 aliphatic rings. The molecule has 0 aliphatic carbocycles. The lowest BCUT2D eigenvalue weighted by atomic mass is 9.84. The van der Waals surface area contributed by atoms with Gasteiger partial charge < -0.3 is 28.8 Å². The van der Waals surface area contributed by atoms with Crippen LogP contribution >= 0.6 is 0 Å². The number of ether oxygens (including phenoxy) is 5. The molecule has 0 spiro atoms. The summed E-state index contributed by atoms with van der Waals surface area (Å²) in [5, 5.41) is 10.1. The van der Waals surface area contributed by atoms with E-state index in [9.17, 15) is 9.90 Å². The summed E-state index contributed by atoms with van der Waals surface area (Å²) < 4.78 is 27.5. The minimum absolute atomic E-state index is 0.00704. The summed E-state index contributed by atoms with van der Waals surface area (Å²) in [6.45, 7) is 2.64. The van der Waals surface area contributed by atoms with Crippen molar-refractivity contribution < 1.29 is 33.6 Å². The van der Waals surface area contributed by atoms with Crippen molar-refractivity contribution in [1.82, 2.24) is 0 Å². The van der Waals surface area contributed by atoms with Gasteiger partial charge in [-0.15, -0.1) is 0 Å². The number of carbonyl (C=O) groups is 1. The quantitative estimate of drug-likeness (QED) is 0.610. The second-order valence-corrected chi connectivity index (χ2v) is 7.44. The highest BCUT2D eigenvalue weighted by Gasteiger charge is 2.38. The third-order valence-corrected chi connectivity index (χ3v) is 5.67. The zero-order valence-electron chi connectivity index (χ0n) is 18.4. The highest BCUT2D eigenvalue weighted by molar-refractivity contribution is 5.89. The molecule has 7 heteroatoms. The molecular weight excluding hydrogens is 400 g/mol. The molecule has 0 bridgehead atoms. The van der Waals surface area contributed by atoms with Gasteiger partial charge in [0.2, 0.25) is 5.75 Å². The summed E-state index contributed by atoms with van der Waals surface area (Å²) >= 11 is 0. The summed E-state index contributed by atoms with van der Waals surface area (Å²) in [5.74, 6) is 1.33. The van der Waals surface area contributed by atoms with Crippen molar-refractivity contribution in [2.24, 2.45) is 11.8 Å². The van der Waals surface area contributed by atoms with Crippen molar-refractivity contribution in [2.45, 2.75) is 19.4 Å². The molecule has 7 nitrogen and oxygen atoms in total. The molecule has 0 radical (unpaired) electrons. The lowest BCUT2D eigenvalue weighted by Gasteiger charge is -2.23. The second-order valence-electron chi connectivity index (χ2n) is 7.44. The lowest BCUT2D eigenvalue weighted by Crippen LogP contribution is -2.21. The molecule has 0 saturated carbocycles. The number of aliphatic hydroxyl groups is 1. The molecule has 1 fully saturated rings. The van der Waals surface area contributed by atoms with Crippen LogP contribution in [0.1, 0.15) is 34.5 Å². The molecule has 1 saturated heterocycles. The van der Waals surface area contributed by atoms with E-state index in [1.807, 2.05) is 24.3 Å². The molecule has 3 rings (SSSR count). The van der Waals surface area contributed by atoms with Crippen LogP contribution in [-0.4, -0.2) is 52.2 Å². The Balaban J connectivity index is 1.78. The van der Waals surface area contributed by atoms with E-state index in [1.165, 1.54) is 0 Å². The van der Waals surface area contributed by atoms with Gasteiger partial charge in [-0.05, 0) is 54.7 Å². The number of esters is 1. The van der Waals surface area contributed by atoms with Crippen molar-refractivity contribution in [1.29, 1.82) is 0 Å². The van der Waals surface area contributed by atoms with E-state index < -0.39 is 0 Å². The van der Waals surface area contributed by atoms with Gasteiger partial charge in [-0.1, -0.05) is 12.1 Å². The zero-order chi connectivity index (χ0) is 22.4. The first-order valence-corrected chi connectivity index (χ1v) is 10.3. The maximum atomic E-state index is 11.8. The van der Waals surface area contributed by atoms with Crippen molar-refractivity contribution in [3.05, 3.63) is 53.1 Å². The van der Waals surface area contributed by atoms with Crippen LogP contribution in [0.4, 0.5) is 0 Å². The maximum Gasteiger partial charge on any atom is 0.338 e. The first-order chi connectivity index (χ1) is 15.1. The van der Waals surface area contributed by atoms with Gasteiger partial charge in [0.15, 0.2) is 11.5 Å². The van der Waals surface area contributed by atoms with Crippen LogP contribution in [0.5, 0.6) is 17.2 Å². The third kappa shape index (κ3) is 4.94. The third-order valence-electron chi connectivity index (χ3n) is 5.67. The van der Waals surface area contributed by atoms with Crippen LogP contribution in [0, 0.1) is 11.8 Å². The standard InChI is InChI=1S/C24H30O7/c1-5-30-24(26)16-8-6-15(7-9-16)10-18-14-31-22(19(18)13-25)17-11-20(27-2)23(29-4)21(12-17)28-3/h6-9,11-12,18-19,22,25H,5,10,13-14H2,1-4H3/t18-,19-,22?/m0/s1. The van der Waals surface area contributed by atoms with Gasteiger partial charge in [-0.3, -0.25) is 0 Å². The van der Waals surface area contributed by atoms with E-state index in [2.05, 4.69) is 0 Å². The van der Waals surface area contributed by atoms with E-state index in [0.29, 0.717) is 36.0 Å². The monoisotopic (exact) mass is 430 g/mol.